The standard InChI is InChI=1S/C35H36N4O2/c1-24-27(4-2-5-31(24)28-10-13-37-14-11-28)8-9-29-17-35(41-23-26-16-25(18-36)19-38-20-26)34(33-7-3-6-32(29)33)21-39-15-12-30(39)22-40/h2,4-5,10-11,13-14,16-17,19-20,30,40H,3,6-9,12,15,21-23H2,1H3. The normalized spacial score (nSPS) is 16.2. The fourth-order valence-electron chi connectivity index (χ4n) is 6.41. The van der Waals surface area contributed by atoms with Gasteiger partial charge in [-0.05, 0) is 109 Å². The van der Waals surface area contributed by atoms with Crippen LogP contribution >= 0.6 is 0 Å². The molecule has 2 aliphatic rings. The van der Waals surface area contributed by atoms with Gasteiger partial charge in [-0.15, -0.1) is 0 Å². The molecule has 4 aromatic rings. The minimum Gasteiger partial charge on any atom is -0.488 e. The van der Waals surface area contributed by atoms with E-state index in [1.54, 1.807) is 12.4 Å². The zero-order valence-electron chi connectivity index (χ0n) is 23.6. The molecule has 0 amide bonds. The largest absolute Gasteiger partial charge is 0.488 e. The average molecular weight is 545 g/mol. The van der Waals surface area contributed by atoms with E-state index < -0.39 is 0 Å². The summed E-state index contributed by atoms with van der Waals surface area (Å²) in [7, 11) is 0. The molecular weight excluding hydrogens is 508 g/mol. The lowest BCUT2D eigenvalue weighted by Gasteiger charge is -2.40. The van der Waals surface area contributed by atoms with Crippen LogP contribution in [0.2, 0.25) is 0 Å². The van der Waals surface area contributed by atoms with Gasteiger partial charge in [-0.1, -0.05) is 18.2 Å². The maximum atomic E-state index is 9.83. The lowest BCUT2D eigenvalue weighted by Crippen LogP contribution is -2.49. The fourth-order valence-corrected chi connectivity index (χ4v) is 6.41. The van der Waals surface area contributed by atoms with Crippen molar-refractivity contribution in [3.63, 3.8) is 0 Å². The summed E-state index contributed by atoms with van der Waals surface area (Å²) >= 11 is 0. The summed E-state index contributed by atoms with van der Waals surface area (Å²) in [5.74, 6) is 0.925. The fraction of sp³-hybridized carbons (Fsp3) is 0.343. The summed E-state index contributed by atoms with van der Waals surface area (Å²) in [6.07, 6.45) is 13.3. The number of hydrogen-bond acceptors (Lipinski definition) is 6. The highest BCUT2D eigenvalue weighted by molar-refractivity contribution is 5.68. The van der Waals surface area contributed by atoms with Crippen LogP contribution in [0.25, 0.3) is 11.1 Å². The van der Waals surface area contributed by atoms with Crippen molar-refractivity contribution in [2.24, 2.45) is 0 Å². The lowest BCUT2D eigenvalue weighted by atomic mass is 9.90. The Bertz CT molecular complexity index is 1580. The molecule has 1 fully saturated rings. The van der Waals surface area contributed by atoms with Crippen molar-refractivity contribution in [3.05, 3.63) is 112 Å². The number of ether oxygens (including phenoxy) is 1. The second-order valence-electron chi connectivity index (χ2n) is 11.2. The van der Waals surface area contributed by atoms with Crippen molar-refractivity contribution in [1.29, 1.82) is 5.26 Å². The highest BCUT2D eigenvalue weighted by atomic mass is 16.5. The minimum absolute atomic E-state index is 0.195. The van der Waals surface area contributed by atoms with Crippen LogP contribution in [0.3, 0.4) is 0 Å². The van der Waals surface area contributed by atoms with Gasteiger partial charge < -0.3 is 9.84 Å². The van der Waals surface area contributed by atoms with Crippen LogP contribution in [-0.4, -0.2) is 39.2 Å². The maximum absolute atomic E-state index is 9.83. The van der Waals surface area contributed by atoms with E-state index in [1.165, 1.54) is 44.5 Å². The van der Waals surface area contributed by atoms with Crippen molar-refractivity contribution in [3.8, 4) is 22.9 Å². The van der Waals surface area contributed by atoms with Crippen molar-refractivity contribution in [1.82, 2.24) is 14.9 Å². The molecule has 1 aliphatic carbocycles. The summed E-state index contributed by atoms with van der Waals surface area (Å²) in [6, 6.07) is 17.3. The SMILES string of the molecule is Cc1c(CCc2cc(OCc3cncc(C#N)c3)c(CN3CCC3CO)c3c2CCC3)cccc1-c1ccncc1. The smallest absolute Gasteiger partial charge is 0.124 e. The number of hydrogen-bond donors (Lipinski definition) is 1. The summed E-state index contributed by atoms with van der Waals surface area (Å²) in [6.45, 7) is 4.58. The van der Waals surface area contributed by atoms with E-state index in [4.69, 9.17) is 4.74 Å². The Balaban J connectivity index is 1.30. The number of aliphatic hydroxyl groups excluding tert-OH is 1. The first-order chi connectivity index (χ1) is 20.1. The Kier molecular flexibility index (Phi) is 8.09. The van der Waals surface area contributed by atoms with E-state index in [1.807, 2.05) is 18.5 Å². The zero-order valence-corrected chi connectivity index (χ0v) is 23.6. The number of aromatic nitrogens is 2. The molecule has 1 N–H and O–H groups in total. The van der Waals surface area contributed by atoms with E-state index in [9.17, 15) is 10.4 Å². The van der Waals surface area contributed by atoms with E-state index in [0.29, 0.717) is 12.2 Å². The number of pyridine rings is 2. The molecule has 0 saturated carbocycles. The predicted molar refractivity (Wildman–Crippen MR) is 159 cm³/mol. The molecule has 0 radical (unpaired) electrons. The van der Waals surface area contributed by atoms with E-state index in [0.717, 1.165) is 62.9 Å². The molecule has 0 spiro atoms. The third-order valence-corrected chi connectivity index (χ3v) is 8.83. The Morgan fingerprint density at radius 3 is 2.63 bits per heavy atom. The van der Waals surface area contributed by atoms with Gasteiger partial charge in [0.15, 0.2) is 0 Å². The van der Waals surface area contributed by atoms with Gasteiger partial charge in [0, 0.05) is 55.0 Å². The lowest BCUT2D eigenvalue weighted by molar-refractivity contribution is 0.0347. The van der Waals surface area contributed by atoms with Gasteiger partial charge in [-0.25, -0.2) is 0 Å². The summed E-state index contributed by atoms with van der Waals surface area (Å²) in [5, 5.41) is 19.1. The van der Waals surface area contributed by atoms with Crippen molar-refractivity contribution in [2.75, 3.05) is 13.2 Å². The van der Waals surface area contributed by atoms with Crippen molar-refractivity contribution in [2.45, 2.75) is 64.6 Å². The van der Waals surface area contributed by atoms with Gasteiger partial charge in [-0.3, -0.25) is 14.9 Å². The molecule has 2 aromatic heterocycles. The van der Waals surface area contributed by atoms with Crippen molar-refractivity contribution < 1.29 is 9.84 Å². The van der Waals surface area contributed by atoms with Crippen LogP contribution in [0, 0.1) is 18.3 Å². The number of aliphatic hydroxyl groups is 1. The Labute approximate surface area is 242 Å². The summed E-state index contributed by atoms with van der Waals surface area (Å²) < 4.78 is 6.54. The zero-order chi connectivity index (χ0) is 28.2. The monoisotopic (exact) mass is 544 g/mol. The third kappa shape index (κ3) is 5.74. The van der Waals surface area contributed by atoms with Crippen LogP contribution < -0.4 is 4.74 Å². The molecule has 1 atom stereocenters. The van der Waals surface area contributed by atoms with Gasteiger partial charge >= 0.3 is 0 Å². The quantitative estimate of drug-likeness (QED) is 0.274. The number of nitriles is 1. The highest BCUT2D eigenvalue weighted by Gasteiger charge is 2.31. The molecule has 1 unspecified atom stereocenters. The van der Waals surface area contributed by atoms with Crippen LogP contribution in [0.5, 0.6) is 5.75 Å². The molecule has 3 heterocycles. The van der Waals surface area contributed by atoms with Crippen LogP contribution in [0.4, 0.5) is 0 Å². The molecule has 2 aromatic carbocycles. The summed E-state index contributed by atoms with van der Waals surface area (Å²) in [4.78, 5) is 10.8. The number of benzene rings is 2. The molecule has 208 valence electrons. The highest BCUT2D eigenvalue weighted by Crippen LogP contribution is 2.38. The first-order valence-corrected chi connectivity index (χ1v) is 14.6. The molecule has 41 heavy (non-hydrogen) atoms. The first-order valence-electron chi connectivity index (χ1n) is 14.6. The van der Waals surface area contributed by atoms with E-state index in [-0.39, 0.29) is 12.6 Å². The van der Waals surface area contributed by atoms with Crippen molar-refractivity contribution >= 4 is 0 Å². The molecule has 6 rings (SSSR count). The Morgan fingerprint density at radius 2 is 1.85 bits per heavy atom. The topological polar surface area (TPSA) is 82.3 Å². The molecule has 1 saturated heterocycles. The number of fused-ring (bicyclic) bond motifs is 1. The Hall–Kier alpha value is -4.05. The molecule has 1 aliphatic heterocycles. The second-order valence-corrected chi connectivity index (χ2v) is 11.2. The maximum Gasteiger partial charge on any atom is 0.124 e. The van der Waals surface area contributed by atoms with Crippen LogP contribution in [-0.2, 0) is 38.8 Å². The average Bonchev–Trinajstić information content (AvgIpc) is 3.49. The Morgan fingerprint density at radius 1 is 1.02 bits per heavy atom. The van der Waals surface area contributed by atoms with Gasteiger partial charge in [0.05, 0.1) is 12.2 Å². The third-order valence-electron chi connectivity index (χ3n) is 8.83. The van der Waals surface area contributed by atoms with Gasteiger partial charge in [0.25, 0.3) is 0 Å². The number of likely N-dealkylation sites (tertiary alicyclic amines) is 1. The number of rotatable bonds is 10. The van der Waals surface area contributed by atoms with Gasteiger partial charge in [-0.2, -0.15) is 5.26 Å². The molecule has 6 heteroatoms. The van der Waals surface area contributed by atoms with Gasteiger partial charge in [0.1, 0.15) is 18.4 Å². The predicted octanol–water partition coefficient (Wildman–Crippen LogP) is 5.74. The minimum atomic E-state index is 0.195. The number of nitrogens with zero attached hydrogens (tertiary/aromatic N) is 4. The summed E-state index contributed by atoms with van der Waals surface area (Å²) in [5.41, 5.74) is 12.1. The molecule has 0 bridgehead atoms. The number of aryl methyl sites for hydroxylation is 2. The van der Waals surface area contributed by atoms with Gasteiger partial charge in [0.2, 0.25) is 0 Å². The van der Waals surface area contributed by atoms with E-state index in [2.05, 4.69) is 64.3 Å². The van der Waals surface area contributed by atoms with Crippen LogP contribution in [0.1, 0.15) is 57.3 Å². The first kappa shape index (κ1) is 27.1. The second kappa shape index (κ2) is 12.2. The molecule has 6 nitrogen and oxygen atoms in total. The molecular formula is C35H36N4O2. The van der Waals surface area contributed by atoms with E-state index >= 15 is 0 Å². The van der Waals surface area contributed by atoms with Crippen LogP contribution in [0.15, 0.2) is 67.3 Å².